The molecule has 0 aromatic heterocycles. The van der Waals surface area contributed by atoms with Gasteiger partial charge in [-0.05, 0) is 48.9 Å². The number of ether oxygens (including phenoxy) is 11. The first kappa shape index (κ1) is 63.1. The topological polar surface area (TPSA) is 238 Å². The van der Waals surface area contributed by atoms with Crippen molar-refractivity contribution in [2.45, 2.75) is 31.1 Å². The number of likely N-dealkylation sites (N-methyl/N-ethyl adjacent to an activating group) is 1. The van der Waals surface area contributed by atoms with Crippen LogP contribution in [0.4, 0.5) is 5.69 Å². The molecule has 0 radical (unpaired) electrons. The molecule has 3 N–H and O–H groups in total. The maximum atomic E-state index is 13.9. The Kier molecular flexibility index (Phi) is 32.1. The highest BCUT2D eigenvalue weighted by Crippen LogP contribution is 2.34. The Morgan fingerprint density at radius 3 is 1.69 bits per heavy atom. The van der Waals surface area contributed by atoms with Crippen molar-refractivity contribution in [1.29, 1.82) is 0 Å². The average Bonchev–Trinajstić information content (AvgIpc) is 3.56. The first-order valence-corrected chi connectivity index (χ1v) is 27.2. The molecule has 22 heteroatoms. The van der Waals surface area contributed by atoms with Crippen LogP contribution in [0.15, 0.2) is 57.9 Å². The number of nitrogens with two attached hydrogens (primary N) is 1. The Bertz CT molecular complexity index is 2180. The molecule has 0 saturated carbocycles. The number of hydrogen-bond acceptors (Lipinski definition) is 19. The van der Waals surface area contributed by atoms with E-state index in [0.717, 1.165) is 17.5 Å². The standard InChI is InChI=1S/C53H81N5O16S/c1-4-13-57(53(61)48-37-47-11-10-46(39-50(47)55-51(54)40-48)45-8-7-9-49(38-45)75(62,63)58-41-44(42-58)43-59)15-6-5-14-56(2)16-18-66-20-22-68-24-26-70-28-30-72-32-34-74-36-35-73-33-31-71-29-27-69-25-23-67-21-19-65-17-12-52(60)64-3/h7-11,37-39,44,59H,4,12-36,40-43H2,1-3H3,(H2,54,55). The molecule has 0 unspecified atom stereocenters. The molecule has 21 nitrogen and oxygen atoms in total. The van der Waals surface area contributed by atoms with Crippen LogP contribution >= 0.6 is 0 Å². The molecular weight excluding hydrogens is 995 g/mol. The van der Waals surface area contributed by atoms with E-state index in [9.17, 15) is 23.1 Å². The number of rotatable bonds is 42. The molecule has 0 aliphatic carbocycles. The van der Waals surface area contributed by atoms with E-state index >= 15 is 0 Å². The first-order valence-electron chi connectivity index (χ1n) is 25.7. The van der Waals surface area contributed by atoms with Crippen LogP contribution in [0.25, 0.3) is 17.2 Å². The fourth-order valence-electron chi connectivity index (χ4n) is 7.23. The van der Waals surface area contributed by atoms with Gasteiger partial charge in [0.15, 0.2) is 0 Å². The summed E-state index contributed by atoms with van der Waals surface area (Å²) < 4.78 is 87.4. The average molecular weight is 1080 g/mol. The van der Waals surface area contributed by atoms with Gasteiger partial charge in [-0.2, -0.15) is 4.31 Å². The van der Waals surface area contributed by atoms with Crippen LogP contribution in [-0.4, -0.2) is 238 Å². The number of benzene rings is 2. The highest BCUT2D eigenvalue weighted by molar-refractivity contribution is 7.89. The number of nitrogens with zero attached hydrogens (tertiary/aromatic N) is 4. The number of hydrogen-bond donors (Lipinski definition) is 2. The second-order valence-corrected chi connectivity index (χ2v) is 19.3. The van der Waals surface area contributed by atoms with Crippen LogP contribution < -0.4 is 5.73 Å². The summed E-state index contributed by atoms with van der Waals surface area (Å²) in [7, 11) is -0.370. The van der Waals surface area contributed by atoms with Crippen molar-refractivity contribution in [2.24, 2.45) is 16.6 Å². The van der Waals surface area contributed by atoms with Crippen molar-refractivity contribution in [3.05, 3.63) is 53.6 Å². The van der Waals surface area contributed by atoms with Gasteiger partial charge >= 0.3 is 5.97 Å². The highest BCUT2D eigenvalue weighted by Gasteiger charge is 2.36. The van der Waals surface area contributed by atoms with E-state index in [-0.39, 0.29) is 48.7 Å². The third-order valence-electron chi connectivity index (χ3n) is 11.4. The lowest BCUT2D eigenvalue weighted by atomic mass is 10.0. The Morgan fingerprint density at radius 2 is 1.19 bits per heavy atom. The number of methoxy groups -OCH3 is 1. The van der Waals surface area contributed by atoms with Crippen molar-refractivity contribution >= 4 is 39.5 Å². The van der Waals surface area contributed by atoms with Gasteiger partial charge in [0.25, 0.3) is 5.91 Å². The number of amidine groups is 1. The number of fused-ring (bicyclic) bond motifs is 1. The van der Waals surface area contributed by atoms with Gasteiger partial charge in [0.05, 0.1) is 169 Å². The molecule has 2 heterocycles. The van der Waals surface area contributed by atoms with Crippen LogP contribution in [-0.2, 0) is 71.7 Å². The van der Waals surface area contributed by atoms with E-state index in [0.29, 0.717) is 188 Å². The lowest BCUT2D eigenvalue weighted by Gasteiger charge is -2.36. The van der Waals surface area contributed by atoms with Crippen molar-refractivity contribution in [2.75, 3.05) is 192 Å². The van der Waals surface area contributed by atoms with Crippen molar-refractivity contribution in [3.63, 3.8) is 0 Å². The molecule has 2 aromatic rings. The molecule has 1 fully saturated rings. The summed E-state index contributed by atoms with van der Waals surface area (Å²) in [4.78, 5) is 33.5. The number of aliphatic imine (C=N–C) groups is 1. The number of aliphatic hydroxyl groups is 1. The van der Waals surface area contributed by atoms with Gasteiger partial charge in [0, 0.05) is 56.3 Å². The van der Waals surface area contributed by atoms with Gasteiger partial charge in [-0.3, -0.25) is 14.5 Å². The summed E-state index contributed by atoms with van der Waals surface area (Å²) in [6, 6.07) is 12.4. The zero-order valence-electron chi connectivity index (χ0n) is 44.3. The molecule has 1 amide bonds. The summed E-state index contributed by atoms with van der Waals surface area (Å²) in [5, 5.41) is 9.35. The number of aliphatic hydroxyl groups excluding tert-OH is 1. The SMILES string of the molecule is CCCN(CC#CCN(C)CCOCCOCCOCCOCCOCCOCCOCCOCCOCCOCCC(=O)OC)C(=O)C1=Cc2ccc(-c3cccc(S(=O)(=O)N4CC(CO)C4)c3)cc2N=C(N)C1. The molecule has 75 heavy (non-hydrogen) atoms. The number of sulfonamides is 1. The van der Waals surface area contributed by atoms with Gasteiger partial charge in [-0.15, -0.1) is 0 Å². The summed E-state index contributed by atoms with van der Waals surface area (Å²) in [6.45, 7) is 13.7. The Balaban J connectivity index is 0.952. The van der Waals surface area contributed by atoms with Crippen LogP contribution in [0.2, 0.25) is 0 Å². The zero-order chi connectivity index (χ0) is 53.8. The van der Waals surface area contributed by atoms with E-state index in [4.69, 9.17) is 53.1 Å². The molecule has 0 atom stereocenters. The monoisotopic (exact) mass is 1080 g/mol. The largest absolute Gasteiger partial charge is 0.469 e. The number of carbonyl (C=O) groups is 2. The quantitative estimate of drug-likeness (QED) is 0.0552. The lowest BCUT2D eigenvalue weighted by Crippen LogP contribution is -2.51. The van der Waals surface area contributed by atoms with Crippen LogP contribution in [0.1, 0.15) is 31.7 Å². The fraction of sp³-hybridized carbons (Fsp3) is 0.642. The summed E-state index contributed by atoms with van der Waals surface area (Å²) >= 11 is 0. The fourth-order valence-corrected chi connectivity index (χ4v) is 8.87. The Hall–Kier alpha value is -4.42. The first-order chi connectivity index (χ1) is 36.5. The molecule has 2 aliphatic heterocycles. The van der Waals surface area contributed by atoms with Crippen LogP contribution in [0.5, 0.6) is 0 Å². The van der Waals surface area contributed by atoms with Crippen molar-refractivity contribution < 1.29 is 75.2 Å². The molecule has 420 valence electrons. The van der Waals surface area contributed by atoms with Gasteiger partial charge in [-0.1, -0.05) is 43.0 Å². The number of amides is 1. The predicted molar refractivity (Wildman–Crippen MR) is 282 cm³/mol. The highest BCUT2D eigenvalue weighted by atomic mass is 32.2. The zero-order valence-corrected chi connectivity index (χ0v) is 45.1. The Labute approximate surface area is 443 Å². The third-order valence-corrected chi connectivity index (χ3v) is 13.3. The molecule has 4 rings (SSSR count). The van der Waals surface area contributed by atoms with Gasteiger partial charge in [0.1, 0.15) is 5.84 Å². The predicted octanol–water partition coefficient (Wildman–Crippen LogP) is 2.65. The minimum absolute atomic E-state index is 0.0377. The maximum Gasteiger partial charge on any atom is 0.307 e. The van der Waals surface area contributed by atoms with E-state index in [1.807, 2.05) is 44.3 Å². The normalized spacial score (nSPS) is 13.9. The van der Waals surface area contributed by atoms with E-state index in [1.54, 1.807) is 23.1 Å². The van der Waals surface area contributed by atoms with Gasteiger partial charge in [0.2, 0.25) is 10.0 Å². The van der Waals surface area contributed by atoms with Crippen molar-refractivity contribution in [3.8, 4) is 23.0 Å². The van der Waals surface area contributed by atoms with Crippen molar-refractivity contribution in [1.82, 2.24) is 14.1 Å². The minimum Gasteiger partial charge on any atom is -0.469 e. The smallest absolute Gasteiger partial charge is 0.307 e. The second-order valence-electron chi connectivity index (χ2n) is 17.4. The number of esters is 1. The van der Waals surface area contributed by atoms with Gasteiger partial charge in [-0.25, -0.2) is 13.4 Å². The van der Waals surface area contributed by atoms with Crippen LogP contribution in [0.3, 0.4) is 0 Å². The molecule has 0 bridgehead atoms. The summed E-state index contributed by atoms with van der Waals surface area (Å²) in [5.74, 6) is 6.17. The number of carbonyl (C=O) groups excluding carboxylic acids is 2. The lowest BCUT2D eigenvalue weighted by molar-refractivity contribution is -0.142. The molecular formula is C53H81N5O16S. The maximum absolute atomic E-state index is 13.9. The van der Waals surface area contributed by atoms with E-state index in [2.05, 4.69) is 26.5 Å². The minimum atomic E-state index is -3.68. The Morgan fingerprint density at radius 1 is 0.693 bits per heavy atom. The molecule has 2 aliphatic rings. The molecule has 0 spiro atoms. The van der Waals surface area contributed by atoms with E-state index < -0.39 is 10.0 Å². The molecule has 2 aromatic carbocycles. The molecule has 1 saturated heterocycles. The van der Waals surface area contributed by atoms with E-state index in [1.165, 1.54) is 11.4 Å². The van der Waals surface area contributed by atoms with Gasteiger partial charge < -0.3 is 67.8 Å². The van der Waals surface area contributed by atoms with Crippen LogP contribution in [0, 0.1) is 17.8 Å². The summed E-state index contributed by atoms with van der Waals surface area (Å²) in [5.41, 5.74) is 9.68. The summed E-state index contributed by atoms with van der Waals surface area (Å²) in [6.07, 6.45) is 3.00. The second kappa shape index (κ2) is 38.2. The third kappa shape index (κ3) is 25.5.